The molecule has 100 valence electrons. The standard InChI is InChI=1S/C15H23NO2/c1-2-16-15(14-8-9-17-11-14)12-18-10-13-6-4-3-5-7-13/h3-7,14-16H,2,8-12H2,1H3. The number of likely N-dealkylation sites (N-methyl/N-ethyl adjacent to an activating group) is 1. The van der Waals surface area contributed by atoms with Crippen molar-refractivity contribution >= 4 is 0 Å². The lowest BCUT2D eigenvalue weighted by atomic mass is 10.00. The summed E-state index contributed by atoms with van der Waals surface area (Å²) in [5, 5.41) is 3.51. The van der Waals surface area contributed by atoms with E-state index in [9.17, 15) is 0 Å². The number of ether oxygens (including phenoxy) is 2. The Morgan fingerprint density at radius 3 is 2.89 bits per heavy atom. The maximum Gasteiger partial charge on any atom is 0.0717 e. The molecule has 0 radical (unpaired) electrons. The van der Waals surface area contributed by atoms with Crippen molar-refractivity contribution in [3.8, 4) is 0 Å². The predicted octanol–water partition coefficient (Wildman–Crippen LogP) is 2.22. The molecule has 0 aromatic heterocycles. The summed E-state index contributed by atoms with van der Waals surface area (Å²) in [6, 6.07) is 10.7. The molecule has 3 nitrogen and oxygen atoms in total. The molecule has 1 aromatic carbocycles. The monoisotopic (exact) mass is 249 g/mol. The van der Waals surface area contributed by atoms with E-state index in [1.54, 1.807) is 0 Å². The Morgan fingerprint density at radius 2 is 2.22 bits per heavy atom. The number of nitrogens with one attached hydrogen (secondary N) is 1. The molecule has 1 N–H and O–H groups in total. The van der Waals surface area contributed by atoms with Gasteiger partial charge in [-0.1, -0.05) is 37.3 Å². The molecule has 2 unspecified atom stereocenters. The van der Waals surface area contributed by atoms with Gasteiger partial charge in [0.15, 0.2) is 0 Å². The molecule has 1 fully saturated rings. The van der Waals surface area contributed by atoms with Crippen molar-refractivity contribution in [2.24, 2.45) is 5.92 Å². The zero-order valence-electron chi connectivity index (χ0n) is 11.1. The van der Waals surface area contributed by atoms with Crippen LogP contribution >= 0.6 is 0 Å². The minimum Gasteiger partial charge on any atom is -0.381 e. The van der Waals surface area contributed by atoms with Crippen LogP contribution in [0.4, 0.5) is 0 Å². The van der Waals surface area contributed by atoms with Gasteiger partial charge in [0.05, 0.1) is 19.8 Å². The van der Waals surface area contributed by atoms with Gasteiger partial charge in [-0.2, -0.15) is 0 Å². The highest BCUT2D eigenvalue weighted by Gasteiger charge is 2.25. The summed E-state index contributed by atoms with van der Waals surface area (Å²) in [4.78, 5) is 0. The summed E-state index contributed by atoms with van der Waals surface area (Å²) >= 11 is 0. The van der Waals surface area contributed by atoms with Gasteiger partial charge in [0.2, 0.25) is 0 Å². The third-order valence-electron chi connectivity index (χ3n) is 3.41. The lowest BCUT2D eigenvalue weighted by Crippen LogP contribution is -2.40. The predicted molar refractivity (Wildman–Crippen MR) is 72.5 cm³/mol. The van der Waals surface area contributed by atoms with Gasteiger partial charge >= 0.3 is 0 Å². The molecule has 1 aliphatic rings. The number of benzene rings is 1. The van der Waals surface area contributed by atoms with Gasteiger partial charge in [-0.15, -0.1) is 0 Å². The zero-order chi connectivity index (χ0) is 12.6. The van der Waals surface area contributed by atoms with E-state index in [0.717, 1.165) is 32.8 Å². The van der Waals surface area contributed by atoms with Gasteiger partial charge in [-0.05, 0) is 18.5 Å². The molecule has 1 aromatic rings. The van der Waals surface area contributed by atoms with Gasteiger partial charge in [0.25, 0.3) is 0 Å². The molecule has 2 rings (SSSR count). The van der Waals surface area contributed by atoms with E-state index in [0.29, 0.717) is 18.6 Å². The molecule has 1 aliphatic heterocycles. The molecular weight excluding hydrogens is 226 g/mol. The third kappa shape index (κ3) is 4.09. The highest BCUT2D eigenvalue weighted by Crippen LogP contribution is 2.17. The van der Waals surface area contributed by atoms with Gasteiger partial charge in [-0.3, -0.25) is 0 Å². The second-order valence-corrected chi connectivity index (χ2v) is 4.79. The SMILES string of the molecule is CCNC(COCc1ccccc1)C1CCOC1. The van der Waals surface area contributed by atoms with Crippen molar-refractivity contribution in [1.29, 1.82) is 0 Å². The molecule has 0 spiro atoms. The van der Waals surface area contributed by atoms with Crippen LogP contribution in [0.15, 0.2) is 30.3 Å². The van der Waals surface area contributed by atoms with Crippen LogP contribution in [0.5, 0.6) is 0 Å². The minimum atomic E-state index is 0.418. The molecule has 1 heterocycles. The second-order valence-electron chi connectivity index (χ2n) is 4.79. The molecule has 0 amide bonds. The molecule has 18 heavy (non-hydrogen) atoms. The Hall–Kier alpha value is -0.900. The van der Waals surface area contributed by atoms with Gasteiger partial charge in [-0.25, -0.2) is 0 Å². The van der Waals surface area contributed by atoms with E-state index in [-0.39, 0.29) is 0 Å². The first-order valence-electron chi connectivity index (χ1n) is 6.83. The number of hydrogen-bond donors (Lipinski definition) is 1. The Bertz CT molecular complexity index is 323. The first kappa shape index (κ1) is 13.5. The first-order chi connectivity index (χ1) is 8.90. The van der Waals surface area contributed by atoms with E-state index < -0.39 is 0 Å². The largest absolute Gasteiger partial charge is 0.381 e. The lowest BCUT2D eigenvalue weighted by molar-refractivity contribution is 0.0774. The molecule has 0 bridgehead atoms. The molecule has 0 aliphatic carbocycles. The first-order valence-corrected chi connectivity index (χ1v) is 6.83. The minimum absolute atomic E-state index is 0.418. The van der Waals surface area contributed by atoms with Crippen LogP contribution in [0.25, 0.3) is 0 Å². The Kier molecular flexibility index (Phi) is 5.65. The quantitative estimate of drug-likeness (QED) is 0.803. The van der Waals surface area contributed by atoms with Crippen molar-refractivity contribution in [2.45, 2.75) is 26.0 Å². The zero-order valence-corrected chi connectivity index (χ0v) is 11.1. The van der Waals surface area contributed by atoms with Crippen molar-refractivity contribution in [2.75, 3.05) is 26.4 Å². The highest BCUT2D eigenvalue weighted by atomic mass is 16.5. The highest BCUT2D eigenvalue weighted by molar-refractivity contribution is 5.13. The number of hydrogen-bond acceptors (Lipinski definition) is 3. The van der Waals surface area contributed by atoms with Crippen LogP contribution in [0.2, 0.25) is 0 Å². The molecule has 3 heteroatoms. The topological polar surface area (TPSA) is 30.5 Å². The van der Waals surface area contributed by atoms with E-state index in [1.807, 2.05) is 18.2 Å². The van der Waals surface area contributed by atoms with Crippen LogP contribution < -0.4 is 5.32 Å². The maximum absolute atomic E-state index is 5.83. The van der Waals surface area contributed by atoms with Gasteiger partial charge in [0.1, 0.15) is 0 Å². The third-order valence-corrected chi connectivity index (χ3v) is 3.41. The van der Waals surface area contributed by atoms with E-state index in [2.05, 4.69) is 24.4 Å². The molecular formula is C15H23NO2. The average Bonchev–Trinajstić information content (AvgIpc) is 2.93. The summed E-state index contributed by atoms with van der Waals surface area (Å²) in [7, 11) is 0. The Labute approximate surface area is 109 Å². The summed E-state index contributed by atoms with van der Waals surface area (Å²) in [6.07, 6.45) is 1.15. The summed E-state index contributed by atoms with van der Waals surface area (Å²) in [5.74, 6) is 0.598. The van der Waals surface area contributed by atoms with Crippen LogP contribution in [-0.2, 0) is 16.1 Å². The molecule has 0 saturated carbocycles. The maximum atomic E-state index is 5.83. The average molecular weight is 249 g/mol. The van der Waals surface area contributed by atoms with Crippen molar-refractivity contribution < 1.29 is 9.47 Å². The number of rotatable bonds is 7. The lowest BCUT2D eigenvalue weighted by Gasteiger charge is -2.23. The fourth-order valence-corrected chi connectivity index (χ4v) is 2.37. The van der Waals surface area contributed by atoms with E-state index in [1.165, 1.54) is 5.56 Å². The van der Waals surface area contributed by atoms with Crippen molar-refractivity contribution in [1.82, 2.24) is 5.32 Å². The fraction of sp³-hybridized carbons (Fsp3) is 0.600. The normalized spacial score (nSPS) is 21.1. The Balaban J connectivity index is 1.75. The van der Waals surface area contributed by atoms with E-state index >= 15 is 0 Å². The van der Waals surface area contributed by atoms with Crippen LogP contribution in [0.1, 0.15) is 18.9 Å². The Morgan fingerprint density at radius 1 is 1.39 bits per heavy atom. The van der Waals surface area contributed by atoms with Crippen LogP contribution in [0.3, 0.4) is 0 Å². The van der Waals surface area contributed by atoms with Gasteiger partial charge < -0.3 is 14.8 Å². The summed E-state index contributed by atoms with van der Waals surface area (Å²) in [6.45, 7) is 6.33. The summed E-state index contributed by atoms with van der Waals surface area (Å²) < 4.78 is 11.3. The van der Waals surface area contributed by atoms with Crippen molar-refractivity contribution in [3.05, 3.63) is 35.9 Å². The fourth-order valence-electron chi connectivity index (χ4n) is 2.37. The molecule has 2 atom stereocenters. The summed E-state index contributed by atoms with van der Waals surface area (Å²) in [5.41, 5.74) is 1.23. The van der Waals surface area contributed by atoms with Gasteiger partial charge in [0, 0.05) is 18.6 Å². The van der Waals surface area contributed by atoms with Crippen LogP contribution in [-0.4, -0.2) is 32.4 Å². The van der Waals surface area contributed by atoms with Crippen molar-refractivity contribution in [3.63, 3.8) is 0 Å². The van der Waals surface area contributed by atoms with E-state index in [4.69, 9.17) is 9.47 Å². The smallest absolute Gasteiger partial charge is 0.0717 e. The second kappa shape index (κ2) is 7.52. The van der Waals surface area contributed by atoms with Crippen LogP contribution in [0, 0.1) is 5.92 Å². The molecule has 1 saturated heterocycles.